The number of halogens is 1. The number of fused-ring (bicyclic) bond motifs is 1. The molecule has 1 unspecified atom stereocenters. The summed E-state index contributed by atoms with van der Waals surface area (Å²) in [4.78, 5) is 23.5. The number of aromatic nitrogens is 4. The number of ether oxygens (including phenoxy) is 1. The summed E-state index contributed by atoms with van der Waals surface area (Å²) in [5.74, 6) is -0.0547. The zero-order valence-corrected chi connectivity index (χ0v) is 17.8. The van der Waals surface area contributed by atoms with Crippen LogP contribution in [0.5, 0.6) is 0 Å². The van der Waals surface area contributed by atoms with Crippen LogP contribution in [0.25, 0.3) is 5.65 Å². The summed E-state index contributed by atoms with van der Waals surface area (Å²) in [6, 6.07) is 3.44. The van der Waals surface area contributed by atoms with Crippen LogP contribution in [0.1, 0.15) is 54.3 Å². The predicted molar refractivity (Wildman–Crippen MR) is 115 cm³/mol. The Morgan fingerprint density at radius 3 is 3.03 bits per heavy atom. The fraction of sp³-hybridized carbons (Fsp3) is 0.455. The van der Waals surface area contributed by atoms with Gasteiger partial charge in [-0.2, -0.15) is 5.10 Å². The van der Waals surface area contributed by atoms with E-state index in [2.05, 4.69) is 27.2 Å². The lowest BCUT2D eigenvalue weighted by Crippen LogP contribution is -2.26. The van der Waals surface area contributed by atoms with Crippen molar-refractivity contribution in [1.29, 1.82) is 0 Å². The minimum atomic E-state index is -0.444. The summed E-state index contributed by atoms with van der Waals surface area (Å²) in [6.07, 6.45) is 7.12. The molecule has 1 N–H and O–H groups in total. The maximum absolute atomic E-state index is 14.1. The Balaban J connectivity index is 1.68. The molecular formula is C22H27FN6O2. The first kappa shape index (κ1) is 21.2. The van der Waals surface area contributed by atoms with Gasteiger partial charge >= 0.3 is 5.97 Å². The molecule has 164 valence electrons. The molecule has 3 aromatic heterocycles. The number of rotatable bonds is 8. The number of hydrogen-bond donors (Lipinski definition) is 1. The molecule has 0 radical (unpaired) electrons. The highest BCUT2D eigenvalue weighted by Crippen LogP contribution is 2.37. The van der Waals surface area contributed by atoms with Gasteiger partial charge in [0, 0.05) is 31.4 Å². The molecule has 1 saturated heterocycles. The van der Waals surface area contributed by atoms with Gasteiger partial charge in [-0.3, -0.25) is 4.98 Å². The van der Waals surface area contributed by atoms with Gasteiger partial charge in [0.25, 0.3) is 0 Å². The van der Waals surface area contributed by atoms with Gasteiger partial charge in [0.15, 0.2) is 5.65 Å². The third-order valence-corrected chi connectivity index (χ3v) is 5.51. The third-order valence-electron chi connectivity index (χ3n) is 5.51. The van der Waals surface area contributed by atoms with Gasteiger partial charge in [0.1, 0.15) is 17.2 Å². The smallest absolute Gasteiger partial charge is 0.343 e. The van der Waals surface area contributed by atoms with E-state index < -0.39 is 5.97 Å². The molecule has 0 spiro atoms. The van der Waals surface area contributed by atoms with Crippen LogP contribution < -0.4 is 10.2 Å². The van der Waals surface area contributed by atoms with E-state index in [0.29, 0.717) is 11.2 Å². The van der Waals surface area contributed by atoms with E-state index >= 15 is 0 Å². The molecule has 8 nitrogen and oxygen atoms in total. The van der Waals surface area contributed by atoms with Gasteiger partial charge in [0.05, 0.1) is 25.0 Å². The lowest BCUT2D eigenvalue weighted by Gasteiger charge is -2.27. The molecule has 1 aliphatic heterocycles. The van der Waals surface area contributed by atoms with Crippen molar-refractivity contribution in [3.8, 4) is 0 Å². The number of anilines is 1. The van der Waals surface area contributed by atoms with E-state index in [1.165, 1.54) is 12.4 Å². The molecule has 1 aliphatic rings. The molecular weight excluding hydrogens is 399 g/mol. The van der Waals surface area contributed by atoms with Crippen molar-refractivity contribution in [3.05, 3.63) is 53.4 Å². The number of likely N-dealkylation sites (N-methyl/N-ethyl adjacent to an activating group) is 1. The number of carbonyl (C=O) groups is 1. The van der Waals surface area contributed by atoms with E-state index in [1.54, 1.807) is 23.7 Å². The minimum Gasteiger partial charge on any atom is -0.462 e. The monoisotopic (exact) mass is 426 g/mol. The summed E-state index contributed by atoms with van der Waals surface area (Å²) in [6.45, 7) is 6.56. The van der Waals surface area contributed by atoms with Crippen molar-refractivity contribution in [2.45, 2.75) is 39.2 Å². The van der Waals surface area contributed by atoms with E-state index in [1.807, 2.05) is 6.07 Å². The van der Waals surface area contributed by atoms with Crippen molar-refractivity contribution >= 4 is 17.4 Å². The van der Waals surface area contributed by atoms with Crippen molar-refractivity contribution < 1.29 is 13.9 Å². The van der Waals surface area contributed by atoms with Gasteiger partial charge in [-0.05, 0) is 44.0 Å². The van der Waals surface area contributed by atoms with E-state index in [4.69, 9.17) is 9.72 Å². The summed E-state index contributed by atoms with van der Waals surface area (Å²) in [7, 11) is 0. The number of esters is 1. The number of carbonyl (C=O) groups excluding carboxylic acids is 1. The van der Waals surface area contributed by atoms with Crippen molar-refractivity contribution in [3.63, 3.8) is 0 Å². The predicted octanol–water partition coefficient (Wildman–Crippen LogP) is 2.93. The fourth-order valence-electron chi connectivity index (χ4n) is 4.10. The highest BCUT2D eigenvalue weighted by atomic mass is 19.1. The quantitative estimate of drug-likeness (QED) is 0.438. The minimum absolute atomic E-state index is 0.0243. The maximum atomic E-state index is 14.1. The summed E-state index contributed by atoms with van der Waals surface area (Å²) in [5.41, 5.74) is 2.58. The molecule has 3 aromatic rings. The molecule has 0 amide bonds. The van der Waals surface area contributed by atoms with Crippen LogP contribution >= 0.6 is 0 Å². The van der Waals surface area contributed by atoms with Crippen LogP contribution in [-0.2, 0) is 11.2 Å². The van der Waals surface area contributed by atoms with Gasteiger partial charge in [0.2, 0.25) is 0 Å². The molecule has 0 saturated carbocycles. The molecule has 0 aliphatic carbocycles. The zero-order chi connectivity index (χ0) is 21.8. The number of hydrogen-bond acceptors (Lipinski definition) is 7. The highest BCUT2D eigenvalue weighted by molar-refractivity contribution is 5.95. The Kier molecular flexibility index (Phi) is 6.41. The first-order chi connectivity index (χ1) is 15.1. The van der Waals surface area contributed by atoms with Gasteiger partial charge in [-0.15, -0.1) is 0 Å². The molecule has 0 bridgehead atoms. The normalized spacial score (nSPS) is 16.2. The van der Waals surface area contributed by atoms with Crippen LogP contribution in [0, 0.1) is 5.82 Å². The largest absolute Gasteiger partial charge is 0.462 e. The first-order valence-electron chi connectivity index (χ1n) is 10.8. The Bertz CT molecular complexity index is 1070. The Morgan fingerprint density at radius 2 is 2.23 bits per heavy atom. The van der Waals surface area contributed by atoms with Crippen LogP contribution in [0.3, 0.4) is 0 Å². The van der Waals surface area contributed by atoms with Crippen molar-refractivity contribution in [2.24, 2.45) is 0 Å². The third kappa shape index (κ3) is 4.36. The molecule has 31 heavy (non-hydrogen) atoms. The molecule has 1 atom stereocenters. The number of pyridine rings is 1. The second-order valence-corrected chi connectivity index (χ2v) is 7.48. The van der Waals surface area contributed by atoms with E-state index in [9.17, 15) is 9.18 Å². The van der Waals surface area contributed by atoms with E-state index in [-0.39, 0.29) is 18.5 Å². The summed E-state index contributed by atoms with van der Waals surface area (Å²) < 4.78 is 20.8. The molecule has 4 heterocycles. The summed E-state index contributed by atoms with van der Waals surface area (Å²) in [5, 5.41) is 7.51. The lowest BCUT2D eigenvalue weighted by molar-refractivity contribution is 0.0528. The Labute approximate surface area is 180 Å². The molecule has 0 aromatic carbocycles. The molecule has 1 fully saturated rings. The van der Waals surface area contributed by atoms with Gasteiger partial charge < -0.3 is 15.0 Å². The van der Waals surface area contributed by atoms with Gasteiger partial charge in [-0.25, -0.2) is 18.7 Å². The van der Waals surface area contributed by atoms with Crippen molar-refractivity contribution in [1.82, 2.24) is 24.9 Å². The average molecular weight is 426 g/mol. The lowest BCUT2D eigenvalue weighted by atomic mass is 10.0. The molecule has 4 rings (SSSR count). The second kappa shape index (κ2) is 9.38. The first-order valence-corrected chi connectivity index (χ1v) is 10.8. The second-order valence-electron chi connectivity index (χ2n) is 7.48. The molecule has 9 heteroatoms. The highest BCUT2D eigenvalue weighted by Gasteiger charge is 2.30. The number of nitrogens with one attached hydrogen (secondary N) is 1. The van der Waals surface area contributed by atoms with E-state index in [0.717, 1.165) is 56.0 Å². The SMILES string of the molecule is CCNCCc1ncc(F)cc1C1CCCN1c1ccn2ncc(C(=O)OCC)c2n1. The fourth-order valence-corrected chi connectivity index (χ4v) is 4.10. The Hall–Kier alpha value is -3.07. The Morgan fingerprint density at radius 1 is 1.35 bits per heavy atom. The van der Waals surface area contributed by atoms with Crippen LogP contribution in [0.4, 0.5) is 10.2 Å². The van der Waals surface area contributed by atoms with Crippen LogP contribution in [0.2, 0.25) is 0 Å². The van der Waals surface area contributed by atoms with Crippen LogP contribution in [-0.4, -0.2) is 51.8 Å². The topological polar surface area (TPSA) is 84.7 Å². The summed E-state index contributed by atoms with van der Waals surface area (Å²) >= 11 is 0. The number of nitrogens with zero attached hydrogens (tertiary/aromatic N) is 5. The van der Waals surface area contributed by atoms with Gasteiger partial charge in [-0.1, -0.05) is 6.92 Å². The van der Waals surface area contributed by atoms with Crippen molar-refractivity contribution in [2.75, 3.05) is 31.1 Å². The zero-order valence-electron chi connectivity index (χ0n) is 17.8. The standard InChI is InChI=1S/C22H27FN6O2/c1-3-24-9-7-18-16(12-15(23)13-25-18)19-6-5-10-28(19)20-8-11-29-21(27-20)17(14-26-29)22(30)31-4-2/h8,11-14,19,24H,3-7,9-10H2,1-2H3. The maximum Gasteiger partial charge on any atom is 0.343 e. The van der Waals surface area contributed by atoms with Crippen LogP contribution in [0.15, 0.2) is 30.7 Å². The average Bonchev–Trinajstić information content (AvgIpc) is 3.41.